The molecule has 6 nitrogen and oxygen atoms in total. The van der Waals surface area contributed by atoms with E-state index in [-0.39, 0.29) is 12.0 Å². The minimum Gasteiger partial charge on any atom is -0.486 e. The van der Waals surface area contributed by atoms with Gasteiger partial charge < -0.3 is 14.8 Å². The number of carbonyl (C=O) groups is 1. The van der Waals surface area contributed by atoms with Crippen molar-refractivity contribution >= 4 is 11.6 Å². The molecule has 0 radical (unpaired) electrons. The summed E-state index contributed by atoms with van der Waals surface area (Å²) in [5.41, 5.74) is 3.33. The number of benzene rings is 1. The number of H-pyrrole nitrogens is 1. The first-order valence-electron chi connectivity index (χ1n) is 8.52. The Morgan fingerprint density at radius 1 is 1.29 bits per heavy atom. The number of carbonyl (C=O) groups excluding carboxylic acids is 1. The van der Waals surface area contributed by atoms with Crippen LogP contribution in [0.3, 0.4) is 0 Å². The first kappa shape index (κ1) is 15.2. The third kappa shape index (κ3) is 3.01. The Hall–Kier alpha value is -2.34. The predicted molar refractivity (Wildman–Crippen MR) is 89.5 cm³/mol. The highest BCUT2D eigenvalue weighted by Gasteiger charge is 2.23. The van der Waals surface area contributed by atoms with Crippen LogP contribution < -0.4 is 10.1 Å². The second-order valence-corrected chi connectivity index (χ2v) is 6.29. The van der Waals surface area contributed by atoms with Gasteiger partial charge in [-0.05, 0) is 37.8 Å². The van der Waals surface area contributed by atoms with Crippen molar-refractivity contribution in [1.82, 2.24) is 10.2 Å². The number of rotatable bonds is 4. The fourth-order valence-corrected chi connectivity index (χ4v) is 3.31. The molecule has 1 fully saturated rings. The van der Waals surface area contributed by atoms with Crippen LogP contribution >= 0.6 is 0 Å². The number of para-hydroxylation sites is 2. The molecule has 1 saturated heterocycles. The summed E-state index contributed by atoms with van der Waals surface area (Å²) in [5, 5.41) is 10.2. The van der Waals surface area contributed by atoms with Crippen LogP contribution in [0.15, 0.2) is 24.3 Å². The third-order valence-electron chi connectivity index (χ3n) is 4.59. The van der Waals surface area contributed by atoms with E-state index in [2.05, 4.69) is 15.5 Å². The topological polar surface area (TPSA) is 76.2 Å². The van der Waals surface area contributed by atoms with Gasteiger partial charge in [0.15, 0.2) is 5.69 Å². The highest BCUT2D eigenvalue weighted by atomic mass is 16.5. The number of ether oxygens (including phenoxy) is 2. The van der Waals surface area contributed by atoms with Crippen molar-refractivity contribution in [2.75, 3.05) is 18.5 Å². The summed E-state index contributed by atoms with van der Waals surface area (Å²) in [6, 6.07) is 7.50. The summed E-state index contributed by atoms with van der Waals surface area (Å²) in [6.45, 7) is 1.31. The predicted octanol–water partition coefficient (Wildman–Crippen LogP) is 2.71. The SMILES string of the molecule is O=C(Nc1ccccc1O[C@@H]1CCOC1)c1n[nH]c2c1CCCC2. The van der Waals surface area contributed by atoms with Gasteiger partial charge in [0.25, 0.3) is 5.91 Å². The van der Waals surface area contributed by atoms with Gasteiger partial charge >= 0.3 is 0 Å². The van der Waals surface area contributed by atoms with E-state index in [0.717, 1.165) is 50.0 Å². The molecular weight excluding hydrogens is 306 g/mol. The summed E-state index contributed by atoms with van der Waals surface area (Å²) < 4.78 is 11.3. The van der Waals surface area contributed by atoms with Crippen molar-refractivity contribution in [2.24, 2.45) is 0 Å². The number of hydrogen-bond acceptors (Lipinski definition) is 4. The third-order valence-corrected chi connectivity index (χ3v) is 4.59. The van der Waals surface area contributed by atoms with Gasteiger partial charge in [-0.2, -0.15) is 5.10 Å². The Balaban J connectivity index is 1.52. The Morgan fingerprint density at radius 2 is 2.17 bits per heavy atom. The van der Waals surface area contributed by atoms with Crippen LogP contribution in [-0.4, -0.2) is 35.4 Å². The first-order chi connectivity index (χ1) is 11.8. The number of amides is 1. The lowest BCUT2D eigenvalue weighted by Crippen LogP contribution is -2.19. The molecule has 2 aromatic rings. The highest BCUT2D eigenvalue weighted by molar-refractivity contribution is 6.04. The molecule has 4 rings (SSSR count). The van der Waals surface area contributed by atoms with Gasteiger partial charge in [0.2, 0.25) is 0 Å². The summed E-state index contributed by atoms with van der Waals surface area (Å²) >= 11 is 0. The minimum atomic E-state index is -0.187. The van der Waals surface area contributed by atoms with Crippen LogP contribution in [0.25, 0.3) is 0 Å². The Morgan fingerprint density at radius 3 is 3.04 bits per heavy atom. The van der Waals surface area contributed by atoms with Gasteiger partial charge in [0, 0.05) is 17.7 Å². The van der Waals surface area contributed by atoms with Gasteiger partial charge in [-0.25, -0.2) is 0 Å². The van der Waals surface area contributed by atoms with Crippen molar-refractivity contribution < 1.29 is 14.3 Å². The quantitative estimate of drug-likeness (QED) is 0.905. The van der Waals surface area contributed by atoms with Crippen molar-refractivity contribution in [2.45, 2.75) is 38.2 Å². The lowest BCUT2D eigenvalue weighted by molar-refractivity contribution is 0.102. The number of aromatic nitrogens is 2. The zero-order valence-electron chi connectivity index (χ0n) is 13.5. The van der Waals surface area contributed by atoms with Crippen molar-refractivity contribution in [1.29, 1.82) is 0 Å². The maximum Gasteiger partial charge on any atom is 0.276 e. The molecule has 1 aliphatic heterocycles. The number of hydrogen-bond donors (Lipinski definition) is 2. The van der Waals surface area contributed by atoms with Gasteiger partial charge in [-0.1, -0.05) is 12.1 Å². The number of nitrogens with zero attached hydrogens (tertiary/aromatic N) is 1. The van der Waals surface area contributed by atoms with Gasteiger partial charge in [-0.3, -0.25) is 9.89 Å². The zero-order chi connectivity index (χ0) is 16.4. The van der Waals surface area contributed by atoms with E-state index in [1.165, 1.54) is 0 Å². The number of anilines is 1. The van der Waals surface area contributed by atoms with E-state index >= 15 is 0 Å². The molecule has 0 spiro atoms. The molecule has 1 aromatic carbocycles. The van der Waals surface area contributed by atoms with Gasteiger partial charge in [0.1, 0.15) is 11.9 Å². The van der Waals surface area contributed by atoms with E-state index in [4.69, 9.17) is 9.47 Å². The molecule has 0 unspecified atom stereocenters. The fourth-order valence-electron chi connectivity index (χ4n) is 3.31. The lowest BCUT2D eigenvalue weighted by Gasteiger charge is -2.16. The molecule has 2 N–H and O–H groups in total. The van der Waals surface area contributed by atoms with Crippen LogP contribution in [0.4, 0.5) is 5.69 Å². The second kappa shape index (κ2) is 6.65. The second-order valence-electron chi connectivity index (χ2n) is 6.29. The molecule has 1 aliphatic carbocycles. The van der Waals surface area contributed by atoms with E-state index in [1.807, 2.05) is 24.3 Å². The van der Waals surface area contributed by atoms with E-state index < -0.39 is 0 Å². The van der Waals surface area contributed by atoms with E-state index in [1.54, 1.807) is 0 Å². The number of nitrogens with one attached hydrogen (secondary N) is 2. The smallest absolute Gasteiger partial charge is 0.276 e. The maximum absolute atomic E-state index is 12.7. The molecule has 2 aliphatic rings. The summed E-state index contributed by atoms with van der Waals surface area (Å²) in [6.07, 6.45) is 5.05. The number of fused-ring (bicyclic) bond motifs is 1. The van der Waals surface area contributed by atoms with E-state index in [9.17, 15) is 4.79 Å². The molecule has 0 saturated carbocycles. The molecule has 1 amide bonds. The molecule has 6 heteroatoms. The molecule has 1 atom stereocenters. The summed E-state index contributed by atoms with van der Waals surface area (Å²) in [5.74, 6) is 0.485. The van der Waals surface area contributed by atoms with Crippen LogP contribution in [0, 0.1) is 0 Å². The Bertz CT molecular complexity index is 735. The number of aromatic amines is 1. The normalized spacial score (nSPS) is 19.8. The average molecular weight is 327 g/mol. The lowest BCUT2D eigenvalue weighted by atomic mass is 9.96. The average Bonchev–Trinajstić information content (AvgIpc) is 3.26. The van der Waals surface area contributed by atoms with E-state index in [0.29, 0.717) is 23.7 Å². The molecular formula is C18H21N3O3. The van der Waals surface area contributed by atoms with Crippen LogP contribution in [0.2, 0.25) is 0 Å². The van der Waals surface area contributed by atoms with Crippen molar-refractivity contribution in [3.8, 4) is 5.75 Å². The Labute approximate surface area is 140 Å². The molecule has 24 heavy (non-hydrogen) atoms. The number of aryl methyl sites for hydroxylation is 1. The Kier molecular flexibility index (Phi) is 4.21. The standard InChI is InChI=1S/C18H21N3O3/c22-18(17-13-5-1-2-6-14(13)20-21-17)19-15-7-3-4-8-16(15)24-12-9-10-23-11-12/h3-4,7-8,12H,1-2,5-6,9-11H2,(H,19,22)(H,20,21)/t12-/m1/s1. The molecule has 1 aromatic heterocycles. The van der Waals surface area contributed by atoms with Crippen molar-refractivity contribution in [3.05, 3.63) is 41.2 Å². The monoisotopic (exact) mass is 327 g/mol. The highest BCUT2D eigenvalue weighted by Crippen LogP contribution is 2.28. The maximum atomic E-state index is 12.7. The minimum absolute atomic E-state index is 0.0428. The summed E-state index contributed by atoms with van der Waals surface area (Å²) in [7, 11) is 0. The van der Waals surface area contributed by atoms with Gasteiger partial charge in [-0.15, -0.1) is 0 Å². The zero-order valence-corrected chi connectivity index (χ0v) is 13.5. The molecule has 0 bridgehead atoms. The largest absolute Gasteiger partial charge is 0.486 e. The fraction of sp³-hybridized carbons (Fsp3) is 0.444. The van der Waals surface area contributed by atoms with Crippen LogP contribution in [-0.2, 0) is 17.6 Å². The molecule has 2 heterocycles. The summed E-state index contributed by atoms with van der Waals surface area (Å²) in [4.78, 5) is 12.7. The van der Waals surface area contributed by atoms with Crippen LogP contribution in [0.1, 0.15) is 41.0 Å². The molecule has 126 valence electrons. The van der Waals surface area contributed by atoms with Crippen molar-refractivity contribution in [3.63, 3.8) is 0 Å². The first-order valence-corrected chi connectivity index (χ1v) is 8.52. The van der Waals surface area contributed by atoms with Crippen LogP contribution in [0.5, 0.6) is 5.75 Å². The van der Waals surface area contributed by atoms with Gasteiger partial charge in [0.05, 0.1) is 18.9 Å².